The van der Waals surface area contributed by atoms with Crippen molar-refractivity contribution in [2.45, 2.75) is 51.0 Å². The molecule has 4 saturated carbocycles. The van der Waals surface area contributed by atoms with E-state index in [0.29, 0.717) is 5.54 Å². The van der Waals surface area contributed by atoms with E-state index in [1.165, 1.54) is 38.5 Å². The first-order valence-corrected chi connectivity index (χ1v) is 13.4. The molecule has 1 amide bonds. The zero-order valence-corrected chi connectivity index (χ0v) is 20.6. The summed E-state index contributed by atoms with van der Waals surface area (Å²) in [5.74, 6) is 3.01. The SMILES string of the molecule is Cc1cccc2c(C(=O)N3CCN(C45CC6CC(CC(C6)C4)C5)CC3)cc(-c3cccnc3)nc12. The molecule has 8 rings (SSSR count). The maximum Gasteiger partial charge on any atom is 0.254 e. The van der Waals surface area contributed by atoms with Gasteiger partial charge in [0.1, 0.15) is 0 Å². The van der Waals surface area contributed by atoms with Gasteiger partial charge >= 0.3 is 0 Å². The lowest BCUT2D eigenvalue weighted by Crippen LogP contribution is -2.64. The number of nitrogens with zero attached hydrogens (tertiary/aromatic N) is 4. The molecule has 35 heavy (non-hydrogen) atoms. The molecule has 0 atom stereocenters. The molecule has 1 saturated heterocycles. The minimum Gasteiger partial charge on any atom is -0.336 e. The van der Waals surface area contributed by atoms with Crippen molar-refractivity contribution in [2.75, 3.05) is 26.2 Å². The van der Waals surface area contributed by atoms with Crippen LogP contribution in [0.5, 0.6) is 0 Å². The van der Waals surface area contributed by atoms with Gasteiger partial charge in [0, 0.05) is 55.1 Å². The lowest BCUT2D eigenvalue weighted by molar-refractivity contribution is -0.0987. The van der Waals surface area contributed by atoms with E-state index >= 15 is 0 Å². The van der Waals surface area contributed by atoms with Gasteiger partial charge in [-0.25, -0.2) is 4.98 Å². The van der Waals surface area contributed by atoms with Gasteiger partial charge in [-0.05, 0) is 87.0 Å². The van der Waals surface area contributed by atoms with Crippen molar-refractivity contribution in [3.63, 3.8) is 0 Å². The third-order valence-electron chi connectivity index (χ3n) is 9.47. The summed E-state index contributed by atoms with van der Waals surface area (Å²) in [6.45, 7) is 5.72. The van der Waals surface area contributed by atoms with Crippen molar-refractivity contribution in [3.05, 3.63) is 59.9 Å². The van der Waals surface area contributed by atoms with Gasteiger partial charge in [0.05, 0.1) is 16.8 Å². The number of pyridine rings is 2. The highest BCUT2D eigenvalue weighted by Gasteiger charge is 2.53. The van der Waals surface area contributed by atoms with Crippen LogP contribution in [0, 0.1) is 24.7 Å². The molecule has 3 heterocycles. The molecule has 0 unspecified atom stereocenters. The van der Waals surface area contributed by atoms with Gasteiger partial charge in [0.25, 0.3) is 5.91 Å². The third kappa shape index (κ3) is 3.58. The normalized spacial score (nSPS) is 30.2. The number of fused-ring (bicyclic) bond motifs is 1. The first-order chi connectivity index (χ1) is 17.1. The number of carbonyl (C=O) groups excluding carboxylic acids is 1. The fourth-order valence-corrected chi connectivity index (χ4v) is 8.24. The van der Waals surface area contributed by atoms with Gasteiger partial charge < -0.3 is 4.90 Å². The van der Waals surface area contributed by atoms with E-state index in [4.69, 9.17) is 4.98 Å². The summed E-state index contributed by atoms with van der Waals surface area (Å²) in [4.78, 5) is 28.0. The highest BCUT2D eigenvalue weighted by Crippen LogP contribution is 2.57. The number of hydrogen-bond acceptors (Lipinski definition) is 4. The van der Waals surface area contributed by atoms with Crippen LogP contribution in [0.1, 0.15) is 54.4 Å². The Morgan fingerprint density at radius 1 is 0.943 bits per heavy atom. The number of benzene rings is 1. The quantitative estimate of drug-likeness (QED) is 0.523. The number of carbonyl (C=O) groups is 1. The fourth-order valence-electron chi connectivity index (χ4n) is 8.24. The Kier molecular flexibility index (Phi) is 4.99. The maximum atomic E-state index is 13.9. The number of para-hydroxylation sites is 1. The van der Waals surface area contributed by atoms with Gasteiger partial charge in [-0.2, -0.15) is 0 Å². The molecule has 4 bridgehead atoms. The van der Waals surface area contributed by atoms with E-state index in [2.05, 4.69) is 27.8 Å². The lowest BCUT2D eigenvalue weighted by atomic mass is 9.52. The number of piperazine rings is 1. The van der Waals surface area contributed by atoms with Crippen molar-refractivity contribution in [3.8, 4) is 11.3 Å². The average molecular weight is 467 g/mol. The molecule has 0 spiro atoms. The molecule has 0 radical (unpaired) electrons. The standard InChI is InChI=1S/C30H34N4O/c1-20-4-2-6-25-26(15-27(32-28(20)25)24-5-3-7-31-19-24)29(35)33-8-10-34(11-9-33)30-16-21-12-22(17-30)14-23(13-21)18-30/h2-7,15,19,21-23H,8-14,16-18H2,1H3. The Balaban J connectivity index is 1.16. The molecule has 3 aromatic rings. The van der Waals surface area contributed by atoms with Crippen LogP contribution in [-0.4, -0.2) is 57.4 Å². The average Bonchev–Trinajstić information content (AvgIpc) is 2.88. The first kappa shape index (κ1) is 21.5. The Hall–Kier alpha value is -2.79. The summed E-state index contributed by atoms with van der Waals surface area (Å²) < 4.78 is 0. The molecule has 4 aliphatic carbocycles. The molecular formula is C30H34N4O. The predicted octanol–water partition coefficient (Wildman–Crippen LogP) is 5.33. The van der Waals surface area contributed by atoms with Gasteiger partial charge in [-0.15, -0.1) is 0 Å². The molecule has 2 aromatic heterocycles. The number of amides is 1. The number of aryl methyl sites for hydroxylation is 1. The zero-order valence-electron chi connectivity index (χ0n) is 20.6. The second-order valence-electron chi connectivity index (χ2n) is 11.7. The fraction of sp³-hybridized carbons (Fsp3) is 0.500. The van der Waals surface area contributed by atoms with Crippen LogP contribution in [0.4, 0.5) is 0 Å². The van der Waals surface area contributed by atoms with Crippen LogP contribution in [0.15, 0.2) is 48.8 Å². The van der Waals surface area contributed by atoms with Crippen LogP contribution >= 0.6 is 0 Å². The Bertz CT molecular complexity index is 1240. The summed E-state index contributed by atoms with van der Waals surface area (Å²) >= 11 is 0. The molecular weight excluding hydrogens is 432 g/mol. The predicted molar refractivity (Wildman–Crippen MR) is 138 cm³/mol. The van der Waals surface area contributed by atoms with Crippen molar-refractivity contribution >= 4 is 16.8 Å². The lowest BCUT2D eigenvalue weighted by Gasteiger charge is -2.61. The highest BCUT2D eigenvalue weighted by molar-refractivity contribution is 6.07. The van der Waals surface area contributed by atoms with Crippen molar-refractivity contribution in [1.82, 2.24) is 19.8 Å². The van der Waals surface area contributed by atoms with Gasteiger partial charge in [0.15, 0.2) is 0 Å². The van der Waals surface area contributed by atoms with Gasteiger partial charge in [-0.1, -0.05) is 18.2 Å². The molecule has 5 fully saturated rings. The molecule has 180 valence electrons. The Morgan fingerprint density at radius 2 is 1.66 bits per heavy atom. The largest absolute Gasteiger partial charge is 0.336 e. The molecule has 1 aliphatic heterocycles. The molecule has 1 aromatic carbocycles. The van der Waals surface area contributed by atoms with E-state index in [1.54, 1.807) is 6.20 Å². The smallest absolute Gasteiger partial charge is 0.254 e. The van der Waals surface area contributed by atoms with Gasteiger partial charge in [0.2, 0.25) is 0 Å². The maximum absolute atomic E-state index is 13.9. The molecule has 5 nitrogen and oxygen atoms in total. The summed E-state index contributed by atoms with van der Waals surface area (Å²) in [6.07, 6.45) is 12.2. The van der Waals surface area contributed by atoms with E-state index in [1.807, 2.05) is 36.5 Å². The third-order valence-corrected chi connectivity index (χ3v) is 9.47. The van der Waals surface area contributed by atoms with E-state index in [0.717, 1.165) is 77.2 Å². The van der Waals surface area contributed by atoms with Crippen LogP contribution in [0.3, 0.4) is 0 Å². The van der Waals surface area contributed by atoms with Gasteiger partial charge in [-0.3, -0.25) is 14.7 Å². The van der Waals surface area contributed by atoms with E-state index in [9.17, 15) is 4.79 Å². The summed E-state index contributed by atoms with van der Waals surface area (Å²) in [5.41, 5.74) is 4.95. The minimum absolute atomic E-state index is 0.137. The minimum atomic E-state index is 0.137. The second-order valence-corrected chi connectivity index (χ2v) is 11.7. The number of hydrogen-bond donors (Lipinski definition) is 0. The first-order valence-electron chi connectivity index (χ1n) is 13.4. The summed E-state index contributed by atoms with van der Waals surface area (Å²) in [5, 5.41) is 0.950. The van der Waals surface area contributed by atoms with Crippen molar-refractivity contribution in [2.24, 2.45) is 17.8 Å². The highest BCUT2D eigenvalue weighted by atomic mass is 16.2. The Morgan fingerprint density at radius 3 is 2.31 bits per heavy atom. The van der Waals surface area contributed by atoms with Crippen LogP contribution in [0.25, 0.3) is 22.2 Å². The summed E-state index contributed by atoms with van der Waals surface area (Å²) in [6, 6.07) is 12.1. The second kappa shape index (κ2) is 8.12. The number of rotatable bonds is 3. The summed E-state index contributed by atoms with van der Waals surface area (Å²) in [7, 11) is 0. The van der Waals surface area contributed by atoms with Crippen molar-refractivity contribution in [1.29, 1.82) is 0 Å². The molecule has 5 heteroatoms. The Labute approximate surface area is 207 Å². The van der Waals surface area contributed by atoms with Crippen molar-refractivity contribution < 1.29 is 4.79 Å². The van der Waals surface area contributed by atoms with Crippen LogP contribution < -0.4 is 0 Å². The van der Waals surface area contributed by atoms with Crippen LogP contribution in [-0.2, 0) is 0 Å². The zero-order chi connectivity index (χ0) is 23.6. The monoisotopic (exact) mass is 466 g/mol. The van der Waals surface area contributed by atoms with E-state index < -0.39 is 0 Å². The molecule has 5 aliphatic rings. The van der Waals surface area contributed by atoms with E-state index in [-0.39, 0.29) is 5.91 Å². The topological polar surface area (TPSA) is 49.3 Å². The molecule has 0 N–H and O–H groups in total. The van der Waals surface area contributed by atoms with Crippen LogP contribution in [0.2, 0.25) is 0 Å². The number of aromatic nitrogens is 2.